The van der Waals surface area contributed by atoms with Gasteiger partial charge in [0, 0.05) is 23.1 Å². The van der Waals surface area contributed by atoms with E-state index in [0.29, 0.717) is 18.8 Å². The molecule has 0 N–H and O–H groups in total. The third kappa shape index (κ3) is 3.69. The molecule has 0 radical (unpaired) electrons. The first-order valence-electron chi connectivity index (χ1n) is 8.56. The number of hydrogen-bond donors (Lipinski definition) is 0. The van der Waals surface area contributed by atoms with Crippen molar-refractivity contribution < 1.29 is 14.3 Å². The summed E-state index contributed by atoms with van der Waals surface area (Å²) >= 11 is 0. The maximum absolute atomic E-state index is 12.4. The summed E-state index contributed by atoms with van der Waals surface area (Å²) in [5.41, 5.74) is 2.71. The molecule has 0 spiro atoms. The molecule has 4 heteroatoms. The highest BCUT2D eigenvalue weighted by molar-refractivity contribution is 6.06. The lowest BCUT2D eigenvalue weighted by Gasteiger charge is -2.08. The van der Waals surface area contributed by atoms with E-state index in [-0.39, 0.29) is 5.97 Å². The Balaban J connectivity index is 2.54. The highest BCUT2D eigenvalue weighted by atomic mass is 16.5. The van der Waals surface area contributed by atoms with Crippen molar-refractivity contribution in [2.24, 2.45) is 0 Å². The van der Waals surface area contributed by atoms with Gasteiger partial charge in [-0.05, 0) is 44.9 Å². The normalized spacial score (nSPS) is 11.0. The number of nitrogens with zero attached hydrogens (tertiary/aromatic N) is 1. The Labute approximate surface area is 138 Å². The van der Waals surface area contributed by atoms with Crippen molar-refractivity contribution in [1.82, 2.24) is 4.57 Å². The lowest BCUT2D eigenvalue weighted by Crippen LogP contribution is -2.07. The number of carbonyl (C=O) groups excluding carboxylic acids is 1. The van der Waals surface area contributed by atoms with E-state index in [1.807, 2.05) is 32.0 Å². The van der Waals surface area contributed by atoms with Crippen LogP contribution < -0.4 is 4.74 Å². The molecule has 1 aromatic heterocycles. The maximum Gasteiger partial charge on any atom is 0.340 e. The number of benzene rings is 1. The van der Waals surface area contributed by atoms with E-state index in [0.717, 1.165) is 48.2 Å². The summed E-state index contributed by atoms with van der Waals surface area (Å²) < 4.78 is 13.2. The molecule has 0 aliphatic heterocycles. The van der Waals surface area contributed by atoms with Crippen LogP contribution in [0.4, 0.5) is 0 Å². The van der Waals surface area contributed by atoms with Crippen LogP contribution in [-0.4, -0.2) is 23.8 Å². The molecule has 0 amide bonds. The van der Waals surface area contributed by atoms with Gasteiger partial charge in [0.2, 0.25) is 0 Å². The summed E-state index contributed by atoms with van der Waals surface area (Å²) in [7, 11) is 0. The van der Waals surface area contributed by atoms with Crippen LogP contribution in [0.1, 0.15) is 56.1 Å². The Hall–Kier alpha value is -1.97. The fourth-order valence-corrected chi connectivity index (χ4v) is 2.84. The summed E-state index contributed by atoms with van der Waals surface area (Å²) in [6.07, 6.45) is 3.16. The highest BCUT2D eigenvalue weighted by Crippen LogP contribution is 2.30. The van der Waals surface area contributed by atoms with Gasteiger partial charge in [0.1, 0.15) is 5.75 Å². The molecule has 0 saturated heterocycles. The monoisotopic (exact) mass is 317 g/mol. The molecule has 0 fully saturated rings. The second-order valence-corrected chi connectivity index (χ2v) is 5.71. The van der Waals surface area contributed by atoms with Crippen LogP contribution in [0.2, 0.25) is 0 Å². The molecule has 0 atom stereocenters. The molecule has 126 valence electrons. The quantitative estimate of drug-likeness (QED) is 0.662. The number of fused-ring (bicyclic) bond motifs is 1. The van der Waals surface area contributed by atoms with Gasteiger partial charge in [-0.2, -0.15) is 0 Å². The Morgan fingerprint density at radius 1 is 1.17 bits per heavy atom. The Morgan fingerprint density at radius 3 is 2.61 bits per heavy atom. The first-order valence-corrected chi connectivity index (χ1v) is 8.56. The maximum atomic E-state index is 12.4. The number of hydrogen-bond acceptors (Lipinski definition) is 3. The number of ether oxygens (including phenoxy) is 2. The average Bonchev–Trinajstić information content (AvgIpc) is 2.82. The SMILES string of the molecule is CCCCn1c(C)c(C(=O)OCC)c2cc(OCCC)ccc21. The molecule has 0 unspecified atom stereocenters. The van der Waals surface area contributed by atoms with Crippen LogP contribution in [0.15, 0.2) is 18.2 Å². The molecule has 0 saturated carbocycles. The molecule has 4 nitrogen and oxygen atoms in total. The van der Waals surface area contributed by atoms with E-state index in [1.54, 1.807) is 0 Å². The molecule has 1 heterocycles. The van der Waals surface area contributed by atoms with Gasteiger partial charge in [0.15, 0.2) is 0 Å². The molecule has 2 aromatic rings. The number of carbonyl (C=O) groups is 1. The van der Waals surface area contributed by atoms with Crippen LogP contribution in [0.5, 0.6) is 5.75 Å². The van der Waals surface area contributed by atoms with Crippen LogP contribution in [-0.2, 0) is 11.3 Å². The zero-order valence-electron chi connectivity index (χ0n) is 14.6. The third-order valence-electron chi connectivity index (χ3n) is 3.98. The summed E-state index contributed by atoms with van der Waals surface area (Å²) in [6.45, 7) is 10.0. The van der Waals surface area contributed by atoms with E-state index in [4.69, 9.17) is 9.47 Å². The number of rotatable bonds is 8. The second kappa shape index (κ2) is 8.04. The topological polar surface area (TPSA) is 40.5 Å². The van der Waals surface area contributed by atoms with E-state index in [2.05, 4.69) is 18.4 Å². The van der Waals surface area contributed by atoms with Crippen molar-refractivity contribution in [2.45, 2.75) is 53.5 Å². The molecule has 0 aliphatic carbocycles. The Bertz CT molecular complexity index is 673. The van der Waals surface area contributed by atoms with Crippen LogP contribution in [0.3, 0.4) is 0 Å². The van der Waals surface area contributed by atoms with E-state index < -0.39 is 0 Å². The minimum Gasteiger partial charge on any atom is -0.494 e. The largest absolute Gasteiger partial charge is 0.494 e. The lowest BCUT2D eigenvalue weighted by molar-refractivity contribution is 0.0527. The molecule has 2 rings (SSSR count). The van der Waals surface area contributed by atoms with Gasteiger partial charge in [0.05, 0.1) is 18.8 Å². The summed E-state index contributed by atoms with van der Waals surface area (Å²) in [5, 5.41) is 0.922. The van der Waals surface area contributed by atoms with Crippen molar-refractivity contribution in [3.8, 4) is 5.75 Å². The predicted octanol–water partition coefficient (Wildman–Crippen LogP) is 4.72. The van der Waals surface area contributed by atoms with Gasteiger partial charge in [-0.25, -0.2) is 4.79 Å². The fraction of sp³-hybridized carbons (Fsp3) is 0.526. The Morgan fingerprint density at radius 2 is 1.96 bits per heavy atom. The minimum atomic E-state index is -0.252. The lowest BCUT2D eigenvalue weighted by atomic mass is 10.1. The van der Waals surface area contributed by atoms with Crippen LogP contribution in [0, 0.1) is 6.92 Å². The van der Waals surface area contributed by atoms with Gasteiger partial charge in [0.25, 0.3) is 0 Å². The zero-order valence-corrected chi connectivity index (χ0v) is 14.6. The highest BCUT2D eigenvalue weighted by Gasteiger charge is 2.21. The minimum absolute atomic E-state index is 0.252. The smallest absolute Gasteiger partial charge is 0.340 e. The summed E-state index contributed by atoms with van der Waals surface area (Å²) in [6, 6.07) is 5.99. The zero-order chi connectivity index (χ0) is 16.8. The van der Waals surface area contributed by atoms with Crippen LogP contribution in [0.25, 0.3) is 10.9 Å². The number of unbranched alkanes of at least 4 members (excludes halogenated alkanes) is 1. The molecular weight excluding hydrogens is 290 g/mol. The molecule has 23 heavy (non-hydrogen) atoms. The molecular formula is C19H27NO3. The van der Waals surface area contributed by atoms with E-state index >= 15 is 0 Å². The standard InChI is InChI=1S/C19H27NO3/c1-5-8-11-20-14(4)18(19(21)22-7-3)16-13-15(23-12-6-2)9-10-17(16)20/h9-10,13H,5-8,11-12H2,1-4H3. The third-order valence-corrected chi connectivity index (χ3v) is 3.98. The number of aromatic nitrogens is 1. The van der Waals surface area contributed by atoms with Gasteiger partial charge < -0.3 is 14.0 Å². The average molecular weight is 317 g/mol. The van der Waals surface area contributed by atoms with Crippen molar-refractivity contribution in [2.75, 3.05) is 13.2 Å². The van der Waals surface area contributed by atoms with Crippen LogP contribution >= 0.6 is 0 Å². The summed E-state index contributed by atoms with van der Waals surface area (Å²) in [5.74, 6) is 0.551. The van der Waals surface area contributed by atoms with Crippen molar-refractivity contribution in [1.29, 1.82) is 0 Å². The predicted molar refractivity (Wildman–Crippen MR) is 93.3 cm³/mol. The van der Waals surface area contributed by atoms with Gasteiger partial charge in [-0.3, -0.25) is 0 Å². The van der Waals surface area contributed by atoms with Gasteiger partial charge >= 0.3 is 5.97 Å². The molecule has 1 aromatic carbocycles. The van der Waals surface area contributed by atoms with Crippen molar-refractivity contribution >= 4 is 16.9 Å². The van der Waals surface area contributed by atoms with E-state index in [1.165, 1.54) is 0 Å². The van der Waals surface area contributed by atoms with Crippen molar-refractivity contribution in [3.63, 3.8) is 0 Å². The van der Waals surface area contributed by atoms with Gasteiger partial charge in [-0.15, -0.1) is 0 Å². The molecule has 0 bridgehead atoms. The Kier molecular flexibility index (Phi) is 6.08. The van der Waals surface area contributed by atoms with E-state index in [9.17, 15) is 4.79 Å². The first kappa shape index (κ1) is 17.4. The summed E-state index contributed by atoms with van der Waals surface area (Å²) in [4.78, 5) is 12.4. The van der Waals surface area contributed by atoms with Gasteiger partial charge in [-0.1, -0.05) is 20.3 Å². The fourth-order valence-electron chi connectivity index (χ4n) is 2.84. The second-order valence-electron chi connectivity index (χ2n) is 5.71. The number of esters is 1. The molecule has 0 aliphatic rings. The first-order chi connectivity index (χ1) is 11.1. The van der Waals surface area contributed by atoms with Crippen molar-refractivity contribution in [3.05, 3.63) is 29.5 Å². The number of aryl methyl sites for hydroxylation is 1.